The molecule has 1 atom stereocenters. The SMILES string of the molecule is CC1NCCC2=CCCC(Cl)=C21. The monoisotopic (exact) mass is 183 g/mol. The quantitative estimate of drug-likeness (QED) is 0.609. The Kier molecular flexibility index (Phi) is 2.24. The maximum atomic E-state index is 6.18. The molecule has 1 aliphatic carbocycles. The zero-order valence-electron chi connectivity index (χ0n) is 7.36. The Hall–Kier alpha value is -0.270. The van der Waals surface area contributed by atoms with Crippen LogP contribution < -0.4 is 5.32 Å². The first-order chi connectivity index (χ1) is 5.79. The van der Waals surface area contributed by atoms with Crippen molar-refractivity contribution in [2.75, 3.05) is 6.54 Å². The van der Waals surface area contributed by atoms with E-state index < -0.39 is 0 Å². The number of fused-ring (bicyclic) bond motifs is 1. The van der Waals surface area contributed by atoms with Gasteiger partial charge in [-0.2, -0.15) is 0 Å². The van der Waals surface area contributed by atoms with Crippen LogP contribution in [0.25, 0.3) is 0 Å². The average Bonchev–Trinajstić information content (AvgIpc) is 2.04. The van der Waals surface area contributed by atoms with Gasteiger partial charge in [0.15, 0.2) is 0 Å². The van der Waals surface area contributed by atoms with E-state index in [0.29, 0.717) is 6.04 Å². The van der Waals surface area contributed by atoms with Crippen LogP contribution in [0, 0.1) is 0 Å². The highest BCUT2D eigenvalue weighted by molar-refractivity contribution is 6.30. The molecule has 1 heterocycles. The molecule has 1 fully saturated rings. The summed E-state index contributed by atoms with van der Waals surface area (Å²) in [6.45, 7) is 3.29. The van der Waals surface area contributed by atoms with Gasteiger partial charge in [-0.15, -0.1) is 0 Å². The molecule has 0 aromatic carbocycles. The van der Waals surface area contributed by atoms with Gasteiger partial charge in [0, 0.05) is 11.1 Å². The molecule has 66 valence electrons. The molecular weight excluding hydrogens is 170 g/mol. The molecule has 2 aliphatic rings. The summed E-state index contributed by atoms with van der Waals surface area (Å²) in [4.78, 5) is 0. The Morgan fingerprint density at radius 2 is 2.33 bits per heavy atom. The number of rotatable bonds is 0. The van der Waals surface area contributed by atoms with Gasteiger partial charge in [-0.05, 0) is 43.9 Å². The minimum absolute atomic E-state index is 0.456. The van der Waals surface area contributed by atoms with E-state index in [1.807, 2.05) is 0 Å². The minimum atomic E-state index is 0.456. The summed E-state index contributed by atoms with van der Waals surface area (Å²) in [5.41, 5.74) is 2.85. The van der Waals surface area contributed by atoms with Gasteiger partial charge in [0.05, 0.1) is 0 Å². The Balaban J connectivity index is 2.34. The van der Waals surface area contributed by atoms with Crippen molar-refractivity contribution in [3.63, 3.8) is 0 Å². The van der Waals surface area contributed by atoms with E-state index in [9.17, 15) is 0 Å². The first-order valence-electron chi connectivity index (χ1n) is 4.60. The van der Waals surface area contributed by atoms with E-state index in [2.05, 4.69) is 18.3 Å². The third-order valence-corrected chi connectivity index (χ3v) is 3.06. The zero-order chi connectivity index (χ0) is 8.55. The van der Waals surface area contributed by atoms with E-state index in [4.69, 9.17) is 11.6 Å². The number of hydrogen-bond donors (Lipinski definition) is 1. The maximum Gasteiger partial charge on any atom is 0.0306 e. The number of halogens is 1. The maximum absolute atomic E-state index is 6.18. The summed E-state index contributed by atoms with van der Waals surface area (Å²) in [5.74, 6) is 0. The van der Waals surface area contributed by atoms with Gasteiger partial charge in [0.25, 0.3) is 0 Å². The number of hydrogen-bond acceptors (Lipinski definition) is 1. The molecule has 0 spiro atoms. The lowest BCUT2D eigenvalue weighted by molar-refractivity contribution is 0.562. The summed E-state index contributed by atoms with van der Waals surface area (Å²) < 4.78 is 0. The van der Waals surface area contributed by atoms with Gasteiger partial charge >= 0.3 is 0 Å². The molecule has 0 aromatic rings. The van der Waals surface area contributed by atoms with E-state index >= 15 is 0 Å². The van der Waals surface area contributed by atoms with Crippen LogP contribution in [0.4, 0.5) is 0 Å². The van der Waals surface area contributed by atoms with Gasteiger partial charge in [-0.25, -0.2) is 0 Å². The molecule has 1 saturated heterocycles. The van der Waals surface area contributed by atoms with Crippen LogP contribution in [0.15, 0.2) is 22.3 Å². The Morgan fingerprint density at radius 1 is 1.50 bits per heavy atom. The van der Waals surface area contributed by atoms with Crippen molar-refractivity contribution in [1.82, 2.24) is 5.32 Å². The molecule has 0 bridgehead atoms. The lowest BCUT2D eigenvalue weighted by atomic mass is 9.88. The van der Waals surface area contributed by atoms with Gasteiger partial charge < -0.3 is 5.32 Å². The van der Waals surface area contributed by atoms with Gasteiger partial charge in [-0.3, -0.25) is 0 Å². The Labute approximate surface area is 78.5 Å². The predicted molar refractivity (Wildman–Crippen MR) is 52.3 cm³/mol. The van der Waals surface area contributed by atoms with Crippen LogP contribution in [0.1, 0.15) is 26.2 Å². The van der Waals surface area contributed by atoms with E-state index in [1.165, 1.54) is 11.1 Å². The molecule has 2 rings (SSSR count). The van der Waals surface area contributed by atoms with E-state index in [-0.39, 0.29) is 0 Å². The first-order valence-corrected chi connectivity index (χ1v) is 4.98. The Bertz CT molecular complexity index is 253. The molecular formula is C10H14ClN. The molecule has 0 radical (unpaired) electrons. The second kappa shape index (κ2) is 3.23. The van der Waals surface area contributed by atoms with Crippen LogP contribution in [0.3, 0.4) is 0 Å². The average molecular weight is 184 g/mol. The summed E-state index contributed by atoms with van der Waals surface area (Å²) >= 11 is 6.18. The predicted octanol–water partition coefficient (Wildman–Crippen LogP) is 2.58. The third kappa shape index (κ3) is 1.32. The lowest BCUT2D eigenvalue weighted by Gasteiger charge is -2.30. The number of piperidine rings is 1. The number of nitrogens with one attached hydrogen (secondary N) is 1. The van der Waals surface area contributed by atoms with Crippen molar-refractivity contribution in [2.24, 2.45) is 0 Å². The number of allylic oxidation sites excluding steroid dienone is 2. The lowest BCUT2D eigenvalue weighted by Crippen LogP contribution is -2.35. The summed E-state index contributed by atoms with van der Waals surface area (Å²) in [7, 11) is 0. The smallest absolute Gasteiger partial charge is 0.0306 e. The fourth-order valence-corrected chi connectivity index (χ4v) is 2.46. The van der Waals surface area contributed by atoms with Crippen molar-refractivity contribution >= 4 is 11.6 Å². The molecule has 1 aliphatic heterocycles. The van der Waals surface area contributed by atoms with Crippen LogP contribution in [-0.4, -0.2) is 12.6 Å². The molecule has 2 heteroatoms. The summed E-state index contributed by atoms with van der Waals surface area (Å²) in [6.07, 6.45) is 5.66. The van der Waals surface area contributed by atoms with Gasteiger partial charge in [0.2, 0.25) is 0 Å². The third-order valence-electron chi connectivity index (χ3n) is 2.67. The minimum Gasteiger partial charge on any atom is -0.310 e. The highest BCUT2D eigenvalue weighted by atomic mass is 35.5. The highest BCUT2D eigenvalue weighted by Gasteiger charge is 2.23. The van der Waals surface area contributed by atoms with Crippen LogP contribution in [-0.2, 0) is 0 Å². The fourth-order valence-electron chi connectivity index (χ4n) is 2.07. The molecule has 1 unspecified atom stereocenters. The van der Waals surface area contributed by atoms with Crippen molar-refractivity contribution in [2.45, 2.75) is 32.2 Å². The molecule has 0 amide bonds. The van der Waals surface area contributed by atoms with Crippen molar-refractivity contribution in [3.05, 3.63) is 22.3 Å². The second-order valence-corrected chi connectivity index (χ2v) is 3.97. The van der Waals surface area contributed by atoms with Crippen molar-refractivity contribution < 1.29 is 0 Å². The Morgan fingerprint density at radius 3 is 3.08 bits per heavy atom. The van der Waals surface area contributed by atoms with Crippen molar-refractivity contribution in [1.29, 1.82) is 0 Å². The zero-order valence-corrected chi connectivity index (χ0v) is 8.12. The van der Waals surface area contributed by atoms with Crippen LogP contribution in [0.5, 0.6) is 0 Å². The molecule has 1 N–H and O–H groups in total. The van der Waals surface area contributed by atoms with E-state index in [0.717, 1.165) is 30.8 Å². The largest absolute Gasteiger partial charge is 0.310 e. The van der Waals surface area contributed by atoms with Crippen molar-refractivity contribution in [3.8, 4) is 0 Å². The molecule has 1 nitrogen and oxygen atoms in total. The fraction of sp³-hybridized carbons (Fsp3) is 0.600. The van der Waals surface area contributed by atoms with Gasteiger partial charge in [-0.1, -0.05) is 17.7 Å². The molecule has 12 heavy (non-hydrogen) atoms. The van der Waals surface area contributed by atoms with Crippen LogP contribution >= 0.6 is 11.6 Å². The second-order valence-electron chi connectivity index (χ2n) is 3.51. The van der Waals surface area contributed by atoms with Crippen LogP contribution in [0.2, 0.25) is 0 Å². The summed E-state index contributed by atoms with van der Waals surface area (Å²) in [5, 5.41) is 4.50. The first kappa shape index (κ1) is 8.33. The molecule has 0 aromatic heterocycles. The highest BCUT2D eigenvalue weighted by Crippen LogP contribution is 2.33. The normalized spacial score (nSPS) is 29.8. The van der Waals surface area contributed by atoms with Gasteiger partial charge in [0.1, 0.15) is 0 Å². The molecule has 0 saturated carbocycles. The topological polar surface area (TPSA) is 12.0 Å². The van der Waals surface area contributed by atoms with E-state index in [1.54, 1.807) is 0 Å². The summed E-state index contributed by atoms with van der Waals surface area (Å²) in [6, 6.07) is 0.456. The standard InChI is InChI=1S/C10H14ClN/c1-7-10-8(5-6-12-7)3-2-4-9(10)11/h3,7,12H,2,4-6H2,1H3.